The van der Waals surface area contributed by atoms with Gasteiger partial charge in [0, 0.05) is 44.7 Å². The molecule has 1 saturated heterocycles. The molecule has 0 spiro atoms. The molecule has 27 heavy (non-hydrogen) atoms. The Morgan fingerprint density at radius 3 is 2.48 bits per heavy atom. The number of nitrogens with zero attached hydrogens (tertiary/aromatic N) is 2. The zero-order valence-electron chi connectivity index (χ0n) is 17.1. The van der Waals surface area contributed by atoms with Crippen LogP contribution in [0.1, 0.15) is 44.9 Å². The quantitative estimate of drug-likeness (QED) is 0.492. The van der Waals surface area contributed by atoms with Crippen LogP contribution >= 0.6 is 0 Å². The number of likely N-dealkylation sites (tertiary alicyclic amines) is 1. The zero-order chi connectivity index (χ0) is 19.6. The summed E-state index contributed by atoms with van der Waals surface area (Å²) in [6, 6.07) is 0.282. The smallest absolute Gasteiger partial charge is 0.226 e. The second kappa shape index (κ2) is 11.4. The number of nitrogens with one attached hydrogen (secondary N) is 1. The van der Waals surface area contributed by atoms with Crippen molar-refractivity contribution in [3.8, 4) is 0 Å². The van der Waals surface area contributed by atoms with Crippen molar-refractivity contribution >= 4 is 11.8 Å². The molecule has 2 rings (SSSR count). The molecule has 154 valence electrons. The highest BCUT2D eigenvalue weighted by Crippen LogP contribution is 2.33. The number of methoxy groups -OCH3 is 1. The SMILES string of the molecule is C=CCNC(=O)[C@@H]1CCCC[C@@H]1C(=O)N(CCCOC)C1CCN(C)CC1. The van der Waals surface area contributed by atoms with Crippen LogP contribution < -0.4 is 5.32 Å². The van der Waals surface area contributed by atoms with Crippen molar-refractivity contribution in [1.29, 1.82) is 0 Å². The van der Waals surface area contributed by atoms with Gasteiger partial charge < -0.3 is 19.9 Å². The monoisotopic (exact) mass is 379 g/mol. The highest BCUT2D eigenvalue weighted by molar-refractivity contribution is 5.88. The maximum Gasteiger partial charge on any atom is 0.226 e. The summed E-state index contributed by atoms with van der Waals surface area (Å²) in [5, 5.41) is 2.91. The van der Waals surface area contributed by atoms with E-state index in [9.17, 15) is 9.59 Å². The van der Waals surface area contributed by atoms with Gasteiger partial charge in [0.05, 0.1) is 0 Å². The third-order valence-electron chi connectivity index (χ3n) is 6.00. The van der Waals surface area contributed by atoms with Gasteiger partial charge in [0.15, 0.2) is 0 Å². The van der Waals surface area contributed by atoms with Crippen molar-refractivity contribution in [1.82, 2.24) is 15.1 Å². The first-order chi connectivity index (χ1) is 13.1. The summed E-state index contributed by atoms with van der Waals surface area (Å²) in [4.78, 5) is 30.6. The van der Waals surface area contributed by atoms with E-state index in [0.717, 1.165) is 64.6 Å². The van der Waals surface area contributed by atoms with Gasteiger partial charge in [-0.3, -0.25) is 9.59 Å². The summed E-state index contributed by atoms with van der Waals surface area (Å²) in [6.45, 7) is 7.54. The Hall–Kier alpha value is -1.40. The van der Waals surface area contributed by atoms with E-state index in [1.807, 2.05) is 0 Å². The predicted molar refractivity (Wildman–Crippen MR) is 107 cm³/mol. The molecule has 6 nitrogen and oxygen atoms in total. The molecule has 1 saturated carbocycles. The lowest BCUT2D eigenvalue weighted by atomic mass is 9.77. The molecule has 2 fully saturated rings. The van der Waals surface area contributed by atoms with Crippen molar-refractivity contribution in [3.05, 3.63) is 12.7 Å². The Bertz CT molecular complexity index is 489. The minimum absolute atomic E-state index is 0.00756. The minimum Gasteiger partial charge on any atom is -0.385 e. The number of hydrogen-bond acceptors (Lipinski definition) is 4. The number of carbonyl (C=O) groups excluding carboxylic acids is 2. The summed E-state index contributed by atoms with van der Waals surface area (Å²) >= 11 is 0. The lowest BCUT2D eigenvalue weighted by Crippen LogP contribution is -2.52. The Morgan fingerprint density at radius 1 is 1.19 bits per heavy atom. The standard InChI is InChI=1S/C21H37N3O3/c1-4-12-22-20(25)18-8-5-6-9-19(18)21(26)24(13-7-16-27-3)17-10-14-23(2)15-11-17/h4,17-19H,1,5-16H2,2-3H3,(H,22,25)/t18-,19+/m1/s1. The summed E-state index contributed by atoms with van der Waals surface area (Å²) in [5.41, 5.74) is 0. The third-order valence-corrected chi connectivity index (χ3v) is 6.00. The van der Waals surface area contributed by atoms with E-state index >= 15 is 0 Å². The fourth-order valence-electron chi connectivity index (χ4n) is 4.42. The van der Waals surface area contributed by atoms with E-state index in [1.54, 1.807) is 13.2 Å². The molecule has 0 aromatic carbocycles. The molecule has 0 unspecified atom stereocenters. The maximum absolute atomic E-state index is 13.5. The van der Waals surface area contributed by atoms with Gasteiger partial charge >= 0.3 is 0 Å². The second-order valence-corrected chi connectivity index (χ2v) is 7.94. The first-order valence-corrected chi connectivity index (χ1v) is 10.4. The largest absolute Gasteiger partial charge is 0.385 e. The van der Waals surface area contributed by atoms with Gasteiger partial charge in [-0.1, -0.05) is 18.9 Å². The number of hydrogen-bond donors (Lipinski definition) is 1. The molecule has 1 heterocycles. The molecule has 2 aliphatic rings. The van der Waals surface area contributed by atoms with Crippen LogP contribution in [-0.4, -0.2) is 74.6 Å². The topological polar surface area (TPSA) is 61.9 Å². The molecule has 2 atom stereocenters. The van der Waals surface area contributed by atoms with Crippen molar-refractivity contribution in [2.45, 2.75) is 51.0 Å². The van der Waals surface area contributed by atoms with E-state index in [4.69, 9.17) is 4.74 Å². The van der Waals surface area contributed by atoms with Gasteiger partial charge in [-0.15, -0.1) is 6.58 Å². The average Bonchev–Trinajstić information content (AvgIpc) is 2.70. The molecular formula is C21H37N3O3. The molecule has 0 radical (unpaired) electrons. The van der Waals surface area contributed by atoms with E-state index in [1.165, 1.54) is 0 Å². The Morgan fingerprint density at radius 2 is 1.85 bits per heavy atom. The summed E-state index contributed by atoms with van der Waals surface area (Å²) in [5.74, 6) is -0.208. The molecule has 1 aliphatic heterocycles. The molecule has 2 amide bonds. The number of piperidine rings is 1. The van der Waals surface area contributed by atoms with E-state index < -0.39 is 0 Å². The van der Waals surface area contributed by atoms with Crippen molar-refractivity contribution in [2.75, 3.05) is 46.9 Å². The number of ether oxygens (including phenoxy) is 1. The van der Waals surface area contributed by atoms with Crippen molar-refractivity contribution in [2.24, 2.45) is 11.8 Å². The van der Waals surface area contributed by atoms with Crippen LogP contribution in [-0.2, 0) is 14.3 Å². The fraction of sp³-hybridized carbons (Fsp3) is 0.810. The average molecular weight is 380 g/mol. The van der Waals surface area contributed by atoms with Crippen LogP contribution in [0.15, 0.2) is 12.7 Å². The molecule has 1 N–H and O–H groups in total. The van der Waals surface area contributed by atoms with Gasteiger partial charge in [0.2, 0.25) is 11.8 Å². The molecule has 6 heteroatoms. The Labute approximate surface area is 164 Å². The highest BCUT2D eigenvalue weighted by atomic mass is 16.5. The predicted octanol–water partition coefficient (Wildman–Crippen LogP) is 2.05. The first-order valence-electron chi connectivity index (χ1n) is 10.4. The Kier molecular flexibility index (Phi) is 9.28. The maximum atomic E-state index is 13.5. The van der Waals surface area contributed by atoms with Gasteiger partial charge in [0.25, 0.3) is 0 Å². The van der Waals surface area contributed by atoms with Gasteiger partial charge in [-0.05, 0) is 52.2 Å². The van der Waals surface area contributed by atoms with Gasteiger partial charge in [-0.25, -0.2) is 0 Å². The van der Waals surface area contributed by atoms with Crippen LogP contribution in [0.4, 0.5) is 0 Å². The highest BCUT2D eigenvalue weighted by Gasteiger charge is 2.39. The molecule has 0 aromatic rings. The minimum atomic E-state index is -0.206. The van der Waals surface area contributed by atoms with Crippen LogP contribution in [0.2, 0.25) is 0 Å². The lowest BCUT2D eigenvalue weighted by Gasteiger charge is -2.41. The molecule has 0 aromatic heterocycles. The van der Waals surface area contributed by atoms with Crippen LogP contribution in [0, 0.1) is 11.8 Å². The van der Waals surface area contributed by atoms with E-state index in [-0.39, 0.29) is 29.7 Å². The van der Waals surface area contributed by atoms with Crippen LogP contribution in [0.25, 0.3) is 0 Å². The number of amides is 2. The van der Waals surface area contributed by atoms with Gasteiger partial charge in [-0.2, -0.15) is 0 Å². The second-order valence-electron chi connectivity index (χ2n) is 7.94. The number of rotatable bonds is 9. The van der Waals surface area contributed by atoms with Crippen LogP contribution in [0.3, 0.4) is 0 Å². The summed E-state index contributed by atoms with van der Waals surface area (Å²) in [6.07, 6.45) is 8.22. The van der Waals surface area contributed by atoms with Crippen LogP contribution in [0.5, 0.6) is 0 Å². The fourth-order valence-corrected chi connectivity index (χ4v) is 4.42. The van der Waals surface area contributed by atoms with Gasteiger partial charge in [0.1, 0.15) is 0 Å². The normalized spacial score (nSPS) is 24.4. The number of carbonyl (C=O) groups is 2. The van der Waals surface area contributed by atoms with E-state index in [2.05, 4.69) is 28.7 Å². The summed E-state index contributed by atoms with van der Waals surface area (Å²) < 4.78 is 5.21. The Balaban J connectivity index is 2.09. The molecular weight excluding hydrogens is 342 g/mol. The lowest BCUT2D eigenvalue weighted by molar-refractivity contribution is -0.146. The third kappa shape index (κ3) is 6.32. The molecule has 0 bridgehead atoms. The summed E-state index contributed by atoms with van der Waals surface area (Å²) in [7, 11) is 3.83. The first kappa shape index (κ1) is 21.9. The molecule has 1 aliphatic carbocycles. The van der Waals surface area contributed by atoms with Crippen molar-refractivity contribution < 1.29 is 14.3 Å². The van der Waals surface area contributed by atoms with Crippen molar-refractivity contribution in [3.63, 3.8) is 0 Å². The zero-order valence-corrected chi connectivity index (χ0v) is 17.1. The van der Waals surface area contributed by atoms with E-state index in [0.29, 0.717) is 13.2 Å².